The first-order chi connectivity index (χ1) is 6.33. The SMILES string of the molecule is COCC(=O)N[C@H]1CCCNCC1. The number of nitrogens with one attached hydrogen (secondary N) is 2. The Bertz CT molecular complexity index is 154. The Morgan fingerprint density at radius 2 is 2.38 bits per heavy atom. The molecule has 0 aliphatic carbocycles. The molecule has 1 aliphatic heterocycles. The molecule has 0 spiro atoms. The minimum Gasteiger partial charge on any atom is -0.375 e. The van der Waals surface area contributed by atoms with Crippen LogP contribution in [0.1, 0.15) is 19.3 Å². The summed E-state index contributed by atoms with van der Waals surface area (Å²) in [5, 5.41) is 6.26. The second-order valence-electron chi connectivity index (χ2n) is 3.38. The van der Waals surface area contributed by atoms with E-state index in [2.05, 4.69) is 10.6 Å². The van der Waals surface area contributed by atoms with Gasteiger partial charge in [0.25, 0.3) is 0 Å². The summed E-state index contributed by atoms with van der Waals surface area (Å²) in [6, 6.07) is 0.331. The van der Waals surface area contributed by atoms with Gasteiger partial charge in [-0.3, -0.25) is 4.79 Å². The molecule has 0 aromatic carbocycles. The molecule has 1 saturated heterocycles. The Morgan fingerprint density at radius 1 is 1.54 bits per heavy atom. The number of carbonyl (C=O) groups is 1. The molecule has 4 nitrogen and oxygen atoms in total. The summed E-state index contributed by atoms with van der Waals surface area (Å²) in [5.41, 5.74) is 0. The maximum Gasteiger partial charge on any atom is 0.246 e. The number of carbonyl (C=O) groups excluding carboxylic acids is 1. The summed E-state index contributed by atoms with van der Waals surface area (Å²) in [7, 11) is 1.54. The van der Waals surface area contributed by atoms with Crippen molar-refractivity contribution >= 4 is 5.91 Å². The molecule has 1 rings (SSSR count). The fraction of sp³-hybridized carbons (Fsp3) is 0.889. The third-order valence-corrected chi connectivity index (χ3v) is 2.22. The number of hydrogen-bond acceptors (Lipinski definition) is 3. The predicted octanol–water partition coefficient (Wildman–Crippen LogP) is -0.109. The maximum atomic E-state index is 11.2. The first-order valence-corrected chi connectivity index (χ1v) is 4.82. The van der Waals surface area contributed by atoms with Crippen LogP contribution in [0.15, 0.2) is 0 Å². The van der Waals surface area contributed by atoms with E-state index in [1.165, 1.54) is 7.11 Å². The lowest BCUT2D eigenvalue weighted by Crippen LogP contribution is -2.37. The summed E-state index contributed by atoms with van der Waals surface area (Å²) in [4.78, 5) is 11.2. The maximum absolute atomic E-state index is 11.2. The number of methoxy groups -OCH3 is 1. The second kappa shape index (κ2) is 5.94. The molecule has 2 N–H and O–H groups in total. The standard InChI is InChI=1S/C9H18N2O2/c1-13-7-9(12)11-8-3-2-5-10-6-4-8/h8,10H,2-7H2,1H3,(H,11,12)/t8-/m0/s1. The minimum absolute atomic E-state index is 0.00519. The molecule has 0 aromatic heterocycles. The molecule has 1 fully saturated rings. The van der Waals surface area contributed by atoms with Crippen LogP contribution in [-0.4, -0.2) is 38.8 Å². The van der Waals surface area contributed by atoms with Crippen molar-refractivity contribution in [1.82, 2.24) is 10.6 Å². The molecule has 1 amide bonds. The van der Waals surface area contributed by atoms with E-state index in [9.17, 15) is 4.79 Å². The summed E-state index contributed by atoms with van der Waals surface area (Å²) in [5.74, 6) is -0.00519. The van der Waals surface area contributed by atoms with Gasteiger partial charge in [0.15, 0.2) is 0 Å². The topological polar surface area (TPSA) is 50.4 Å². The molecule has 0 radical (unpaired) electrons. The van der Waals surface area contributed by atoms with Crippen molar-refractivity contribution in [2.75, 3.05) is 26.8 Å². The summed E-state index contributed by atoms with van der Waals surface area (Å²) in [6.07, 6.45) is 3.23. The van der Waals surface area contributed by atoms with Crippen LogP contribution in [0.25, 0.3) is 0 Å². The van der Waals surface area contributed by atoms with E-state index in [1.807, 2.05) is 0 Å². The number of ether oxygens (including phenoxy) is 1. The molecule has 13 heavy (non-hydrogen) atoms. The lowest BCUT2D eigenvalue weighted by Gasteiger charge is -2.15. The summed E-state index contributed by atoms with van der Waals surface area (Å²) >= 11 is 0. The van der Waals surface area contributed by atoms with Gasteiger partial charge in [-0.1, -0.05) is 0 Å². The van der Waals surface area contributed by atoms with Gasteiger partial charge in [-0.15, -0.1) is 0 Å². The van der Waals surface area contributed by atoms with Gasteiger partial charge < -0.3 is 15.4 Å². The summed E-state index contributed by atoms with van der Waals surface area (Å²) in [6.45, 7) is 2.23. The van der Waals surface area contributed by atoms with Crippen LogP contribution in [0.5, 0.6) is 0 Å². The Balaban J connectivity index is 2.21. The van der Waals surface area contributed by atoms with Crippen molar-refractivity contribution in [1.29, 1.82) is 0 Å². The largest absolute Gasteiger partial charge is 0.375 e. The second-order valence-corrected chi connectivity index (χ2v) is 3.38. The van der Waals surface area contributed by atoms with Gasteiger partial charge in [-0.25, -0.2) is 0 Å². The highest BCUT2D eigenvalue weighted by Crippen LogP contribution is 2.04. The van der Waals surface area contributed by atoms with Gasteiger partial charge in [0.05, 0.1) is 0 Å². The van der Waals surface area contributed by atoms with Gasteiger partial charge in [0.2, 0.25) is 5.91 Å². The zero-order chi connectivity index (χ0) is 9.52. The zero-order valence-corrected chi connectivity index (χ0v) is 8.14. The van der Waals surface area contributed by atoms with Crippen molar-refractivity contribution in [2.45, 2.75) is 25.3 Å². The van der Waals surface area contributed by atoms with E-state index in [0.717, 1.165) is 32.4 Å². The van der Waals surface area contributed by atoms with Crippen LogP contribution in [0.4, 0.5) is 0 Å². The molecular formula is C9H18N2O2. The molecule has 0 aromatic rings. The average molecular weight is 186 g/mol. The molecule has 0 bridgehead atoms. The van der Waals surface area contributed by atoms with Crippen molar-refractivity contribution in [3.05, 3.63) is 0 Å². The van der Waals surface area contributed by atoms with E-state index in [0.29, 0.717) is 6.04 Å². The average Bonchev–Trinajstić information content (AvgIpc) is 2.33. The zero-order valence-electron chi connectivity index (χ0n) is 8.14. The van der Waals surface area contributed by atoms with Crippen LogP contribution in [0.3, 0.4) is 0 Å². The highest BCUT2D eigenvalue weighted by atomic mass is 16.5. The Morgan fingerprint density at radius 3 is 3.15 bits per heavy atom. The molecule has 1 atom stereocenters. The summed E-state index contributed by atoms with van der Waals surface area (Å²) < 4.78 is 4.75. The van der Waals surface area contributed by atoms with E-state index >= 15 is 0 Å². The smallest absolute Gasteiger partial charge is 0.246 e. The van der Waals surface area contributed by atoms with E-state index in [4.69, 9.17) is 4.74 Å². The quantitative estimate of drug-likeness (QED) is 0.646. The van der Waals surface area contributed by atoms with Crippen LogP contribution in [0, 0.1) is 0 Å². The van der Waals surface area contributed by atoms with E-state index in [-0.39, 0.29) is 12.5 Å². The van der Waals surface area contributed by atoms with Crippen molar-refractivity contribution in [2.24, 2.45) is 0 Å². The number of hydrogen-bond donors (Lipinski definition) is 2. The minimum atomic E-state index is -0.00519. The van der Waals surface area contributed by atoms with Crippen molar-refractivity contribution < 1.29 is 9.53 Å². The molecular weight excluding hydrogens is 168 g/mol. The van der Waals surface area contributed by atoms with Gasteiger partial charge in [-0.2, -0.15) is 0 Å². The first-order valence-electron chi connectivity index (χ1n) is 4.82. The molecule has 1 aliphatic rings. The van der Waals surface area contributed by atoms with Crippen LogP contribution >= 0.6 is 0 Å². The molecule has 1 heterocycles. The predicted molar refractivity (Wildman–Crippen MR) is 50.5 cm³/mol. The fourth-order valence-corrected chi connectivity index (χ4v) is 1.56. The molecule has 0 saturated carbocycles. The molecule has 4 heteroatoms. The normalized spacial score (nSPS) is 23.6. The Labute approximate surface area is 79.0 Å². The van der Waals surface area contributed by atoms with E-state index in [1.54, 1.807) is 0 Å². The number of rotatable bonds is 3. The third-order valence-electron chi connectivity index (χ3n) is 2.22. The van der Waals surface area contributed by atoms with Crippen molar-refractivity contribution in [3.63, 3.8) is 0 Å². The van der Waals surface area contributed by atoms with Crippen LogP contribution in [-0.2, 0) is 9.53 Å². The Kier molecular flexibility index (Phi) is 4.78. The highest BCUT2D eigenvalue weighted by molar-refractivity contribution is 5.77. The van der Waals surface area contributed by atoms with Crippen LogP contribution < -0.4 is 10.6 Å². The van der Waals surface area contributed by atoms with Gasteiger partial charge in [0, 0.05) is 13.2 Å². The highest BCUT2D eigenvalue weighted by Gasteiger charge is 2.13. The van der Waals surface area contributed by atoms with Crippen LogP contribution in [0.2, 0.25) is 0 Å². The van der Waals surface area contributed by atoms with Gasteiger partial charge in [0.1, 0.15) is 6.61 Å². The van der Waals surface area contributed by atoms with E-state index < -0.39 is 0 Å². The fourth-order valence-electron chi connectivity index (χ4n) is 1.56. The third kappa shape index (κ3) is 4.24. The monoisotopic (exact) mass is 186 g/mol. The van der Waals surface area contributed by atoms with Crippen molar-refractivity contribution in [3.8, 4) is 0 Å². The number of amides is 1. The molecule has 0 unspecified atom stereocenters. The lowest BCUT2D eigenvalue weighted by molar-refractivity contribution is -0.125. The van der Waals surface area contributed by atoms with Gasteiger partial charge in [-0.05, 0) is 32.4 Å². The van der Waals surface area contributed by atoms with Gasteiger partial charge >= 0.3 is 0 Å². The lowest BCUT2D eigenvalue weighted by atomic mass is 10.1. The Hall–Kier alpha value is -0.610. The molecule has 76 valence electrons. The first kappa shape index (κ1) is 10.5.